The van der Waals surface area contributed by atoms with Crippen LogP contribution in [0.5, 0.6) is 0 Å². The van der Waals surface area contributed by atoms with Crippen molar-refractivity contribution in [1.29, 1.82) is 0 Å². The van der Waals surface area contributed by atoms with Crippen LogP contribution >= 0.6 is 0 Å². The first-order chi connectivity index (χ1) is 13.2. The quantitative estimate of drug-likeness (QED) is 0.535. The maximum absolute atomic E-state index is 11.4. The van der Waals surface area contributed by atoms with E-state index >= 15 is 0 Å². The van der Waals surface area contributed by atoms with Crippen LogP contribution in [-0.2, 0) is 0 Å². The summed E-state index contributed by atoms with van der Waals surface area (Å²) in [5.41, 5.74) is 3.24. The van der Waals surface area contributed by atoms with Gasteiger partial charge in [0.15, 0.2) is 0 Å². The molecule has 0 radical (unpaired) electrons. The SMILES string of the molecule is O=C(O)c1ccc2c(c1)nc(-c1ccccc1)c1nc(NC3CC3)ncc12. The third-order valence-electron chi connectivity index (χ3n) is 4.74. The molecule has 1 aliphatic rings. The van der Waals surface area contributed by atoms with Gasteiger partial charge < -0.3 is 10.4 Å². The number of carboxylic acids is 1. The number of aromatic nitrogens is 3. The number of nitrogens with one attached hydrogen (secondary N) is 1. The van der Waals surface area contributed by atoms with Crippen molar-refractivity contribution in [2.75, 3.05) is 5.32 Å². The van der Waals surface area contributed by atoms with Gasteiger partial charge in [0, 0.05) is 28.6 Å². The topological polar surface area (TPSA) is 88.0 Å². The smallest absolute Gasteiger partial charge is 0.335 e. The maximum atomic E-state index is 11.4. The minimum absolute atomic E-state index is 0.210. The van der Waals surface area contributed by atoms with Crippen molar-refractivity contribution in [2.45, 2.75) is 18.9 Å². The highest BCUT2D eigenvalue weighted by atomic mass is 16.4. The standard InChI is InChI=1S/C21H16N4O2/c26-20(27)13-6-9-15-16-11-22-21(23-14-7-8-14)25-19(16)18(24-17(15)10-13)12-4-2-1-3-5-12/h1-6,9-11,14H,7-8H2,(H,26,27)(H,22,23,25). The third kappa shape index (κ3) is 2.85. The van der Waals surface area contributed by atoms with Crippen LogP contribution in [0.4, 0.5) is 5.95 Å². The highest BCUT2D eigenvalue weighted by Gasteiger charge is 2.22. The van der Waals surface area contributed by atoms with Crippen LogP contribution in [0.15, 0.2) is 54.7 Å². The first-order valence-electron chi connectivity index (χ1n) is 8.85. The second-order valence-corrected chi connectivity index (χ2v) is 6.74. The Balaban J connectivity index is 1.81. The van der Waals surface area contributed by atoms with E-state index < -0.39 is 5.97 Å². The second kappa shape index (κ2) is 6.02. The molecule has 2 N–H and O–H groups in total. The molecule has 0 saturated heterocycles. The molecular formula is C21H16N4O2. The van der Waals surface area contributed by atoms with E-state index in [1.165, 1.54) is 0 Å². The normalized spacial score (nSPS) is 13.8. The molecule has 6 heteroatoms. The third-order valence-corrected chi connectivity index (χ3v) is 4.74. The number of nitrogens with zero attached hydrogens (tertiary/aromatic N) is 3. The lowest BCUT2D eigenvalue weighted by Gasteiger charge is -2.11. The zero-order valence-electron chi connectivity index (χ0n) is 14.4. The van der Waals surface area contributed by atoms with Gasteiger partial charge in [-0.25, -0.2) is 19.7 Å². The lowest BCUT2D eigenvalue weighted by molar-refractivity contribution is 0.0697. The highest BCUT2D eigenvalue weighted by Crippen LogP contribution is 2.32. The van der Waals surface area contributed by atoms with Crippen LogP contribution in [0.25, 0.3) is 33.1 Å². The molecule has 0 amide bonds. The second-order valence-electron chi connectivity index (χ2n) is 6.74. The van der Waals surface area contributed by atoms with Crippen LogP contribution in [-0.4, -0.2) is 32.1 Å². The number of anilines is 1. The summed E-state index contributed by atoms with van der Waals surface area (Å²) in [6.07, 6.45) is 4.08. The van der Waals surface area contributed by atoms with Crippen molar-refractivity contribution in [2.24, 2.45) is 0 Å². The van der Waals surface area contributed by atoms with E-state index in [2.05, 4.69) is 10.3 Å². The molecule has 0 atom stereocenters. The Bertz CT molecular complexity index is 1190. The fourth-order valence-electron chi connectivity index (χ4n) is 3.19. The van der Waals surface area contributed by atoms with E-state index in [0.29, 0.717) is 17.5 Å². The number of hydrogen-bond acceptors (Lipinski definition) is 5. The average molecular weight is 356 g/mol. The van der Waals surface area contributed by atoms with Crippen molar-refractivity contribution >= 4 is 33.7 Å². The summed E-state index contributed by atoms with van der Waals surface area (Å²) < 4.78 is 0. The zero-order chi connectivity index (χ0) is 18.4. The first-order valence-corrected chi connectivity index (χ1v) is 8.85. The van der Waals surface area contributed by atoms with Gasteiger partial charge in [-0.05, 0) is 25.0 Å². The summed E-state index contributed by atoms with van der Waals surface area (Å²) in [4.78, 5) is 25.3. The molecule has 5 rings (SSSR count). The molecule has 2 aromatic carbocycles. The number of carboxylic acid groups (broad SMARTS) is 1. The molecule has 0 spiro atoms. The molecule has 1 aliphatic carbocycles. The van der Waals surface area contributed by atoms with Crippen LogP contribution in [0.3, 0.4) is 0 Å². The monoisotopic (exact) mass is 356 g/mol. The fraction of sp³-hybridized carbons (Fsp3) is 0.143. The predicted octanol–water partition coefficient (Wildman–Crippen LogP) is 4.12. The number of carbonyl (C=O) groups is 1. The number of fused-ring (bicyclic) bond motifs is 3. The predicted molar refractivity (Wildman–Crippen MR) is 104 cm³/mol. The van der Waals surface area contributed by atoms with E-state index in [0.717, 1.165) is 40.4 Å². The molecule has 1 saturated carbocycles. The molecule has 2 heterocycles. The Morgan fingerprint density at radius 3 is 2.59 bits per heavy atom. The van der Waals surface area contributed by atoms with Gasteiger partial charge in [-0.15, -0.1) is 0 Å². The van der Waals surface area contributed by atoms with Crippen molar-refractivity contribution < 1.29 is 9.90 Å². The van der Waals surface area contributed by atoms with E-state index in [9.17, 15) is 9.90 Å². The van der Waals surface area contributed by atoms with Crippen molar-refractivity contribution in [3.8, 4) is 11.3 Å². The van der Waals surface area contributed by atoms with Crippen molar-refractivity contribution in [3.05, 3.63) is 60.3 Å². The Hall–Kier alpha value is -3.54. The minimum atomic E-state index is -0.972. The van der Waals surface area contributed by atoms with Crippen LogP contribution < -0.4 is 5.32 Å². The molecule has 0 aliphatic heterocycles. The minimum Gasteiger partial charge on any atom is -0.478 e. The number of pyridine rings is 1. The number of rotatable bonds is 4. The van der Waals surface area contributed by atoms with Crippen LogP contribution in [0, 0.1) is 0 Å². The van der Waals surface area contributed by atoms with Gasteiger partial charge >= 0.3 is 5.97 Å². The molecule has 4 aromatic rings. The van der Waals surface area contributed by atoms with Crippen LogP contribution in [0.1, 0.15) is 23.2 Å². The van der Waals surface area contributed by atoms with Gasteiger partial charge in [0.2, 0.25) is 5.95 Å². The average Bonchev–Trinajstić information content (AvgIpc) is 3.51. The largest absolute Gasteiger partial charge is 0.478 e. The lowest BCUT2D eigenvalue weighted by Crippen LogP contribution is -2.06. The number of benzene rings is 2. The molecule has 132 valence electrons. The fourth-order valence-corrected chi connectivity index (χ4v) is 3.19. The molecule has 2 aromatic heterocycles. The van der Waals surface area contributed by atoms with Crippen molar-refractivity contribution in [1.82, 2.24) is 15.0 Å². The summed E-state index contributed by atoms with van der Waals surface area (Å²) in [7, 11) is 0. The Morgan fingerprint density at radius 2 is 1.85 bits per heavy atom. The van der Waals surface area contributed by atoms with Crippen molar-refractivity contribution in [3.63, 3.8) is 0 Å². The zero-order valence-corrected chi connectivity index (χ0v) is 14.4. The first kappa shape index (κ1) is 15.7. The van der Waals surface area contributed by atoms with Crippen LogP contribution in [0.2, 0.25) is 0 Å². The summed E-state index contributed by atoms with van der Waals surface area (Å²) >= 11 is 0. The van der Waals surface area contributed by atoms with Gasteiger partial charge in [-0.2, -0.15) is 0 Å². The van der Waals surface area contributed by atoms with Gasteiger partial charge in [-0.1, -0.05) is 36.4 Å². The maximum Gasteiger partial charge on any atom is 0.335 e. The van der Waals surface area contributed by atoms with Gasteiger partial charge in [0.25, 0.3) is 0 Å². The molecular weight excluding hydrogens is 340 g/mol. The van der Waals surface area contributed by atoms with Gasteiger partial charge in [0.1, 0.15) is 5.52 Å². The van der Waals surface area contributed by atoms with Gasteiger partial charge in [0.05, 0.1) is 16.8 Å². The van der Waals surface area contributed by atoms with E-state index in [1.807, 2.05) is 30.3 Å². The molecule has 6 nitrogen and oxygen atoms in total. The lowest BCUT2D eigenvalue weighted by atomic mass is 10.0. The van der Waals surface area contributed by atoms with E-state index in [-0.39, 0.29) is 5.56 Å². The Labute approximate surface area is 154 Å². The van der Waals surface area contributed by atoms with Gasteiger partial charge in [-0.3, -0.25) is 0 Å². The summed E-state index contributed by atoms with van der Waals surface area (Å²) in [6.45, 7) is 0. The molecule has 0 unspecified atom stereocenters. The molecule has 1 fully saturated rings. The highest BCUT2D eigenvalue weighted by molar-refractivity contribution is 6.10. The van der Waals surface area contributed by atoms with E-state index in [4.69, 9.17) is 9.97 Å². The van der Waals surface area contributed by atoms with E-state index in [1.54, 1.807) is 24.4 Å². The summed E-state index contributed by atoms with van der Waals surface area (Å²) in [6, 6.07) is 15.2. The Morgan fingerprint density at radius 1 is 1.04 bits per heavy atom. The summed E-state index contributed by atoms with van der Waals surface area (Å²) in [5, 5.41) is 14.3. The number of aromatic carboxylic acids is 1. The number of hydrogen-bond donors (Lipinski definition) is 2. The Kier molecular flexibility index (Phi) is 3.50. The summed E-state index contributed by atoms with van der Waals surface area (Å²) in [5.74, 6) is -0.370. The molecule has 27 heavy (non-hydrogen) atoms. The molecule has 0 bridgehead atoms.